The number of aromatic nitrogens is 2. The van der Waals surface area contributed by atoms with Gasteiger partial charge in [0.25, 0.3) is 5.91 Å². The largest absolute Gasteiger partial charge is 0.326 e. The van der Waals surface area contributed by atoms with E-state index in [-0.39, 0.29) is 5.91 Å². The molecule has 0 aliphatic rings. The monoisotopic (exact) mass is 437 g/mol. The Morgan fingerprint density at radius 3 is 2.58 bits per heavy atom. The number of halogens is 1. The lowest BCUT2D eigenvalue weighted by Gasteiger charge is -2.14. The third kappa shape index (κ3) is 5.73. The summed E-state index contributed by atoms with van der Waals surface area (Å²) in [6.07, 6.45) is 0.740. The number of hydrogen-bond acceptors (Lipinski definition) is 3. The number of aryl methyl sites for hydroxylation is 3. The Morgan fingerprint density at radius 2 is 1.90 bits per heavy atom. The first-order valence-electron chi connectivity index (χ1n) is 10.4. The molecule has 6 nitrogen and oxygen atoms in total. The standard InChI is InChI=1S/C24H28ClN5O/c1-5-30-18(4)21(17(3)29-30)13-14-26-24(27-22-12-7-6-9-16(22)2)28-23(31)19-10-8-11-20(25)15-19/h6-12,15H,5,13-14H2,1-4H3,(H2,26,27,28,31). The lowest BCUT2D eigenvalue weighted by molar-refractivity contribution is 0.0977. The average Bonchev–Trinajstić information content (AvgIpc) is 3.02. The first-order chi connectivity index (χ1) is 14.9. The zero-order chi connectivity index (χ0) is 22.4. The molecule has 0 bridgehead atoms. The summed E-state index contributed by atoms with van der Waals surface area (Å²) in [5.41, 5.74) is 5.80. The smallest absolute Gasteiger partial charge is 0.258 e. The molecule has 0 radical (unpaired) electrons. The normalized spacial score (nSPS) is 11.5. The van der Waals surface area contributed by atoms with Gasteiger partial charge in [-0.1, -0.05) is 35.9 Å². The van der Waals surface area contributed by atoms with Crippen LogP contribution >= 0.6 is 11.6 Å². The molecule has 0 atom stereocenters. The summed E-state index contributed by atoms with van der Waals surface area (Å²) in [7, 11) is 0. The van der Waals surface area contributed by atoms with Crippen molar-refractivity contribution in [3.8, 4) is 0 Å². The number of benzene rings is 2. The van der Waals surface area contributed by atoms with Gasteiger partial charge in [-0.05, 0) is 69.5 Å². The van der Waals surface area contributed by atoms with Crippen molar-refractivity contribution in [2.24, 2.45) is 4.99 Å². The molecule has 162 valence electrons. The van der Waals surface area contributed by atoms with Crippen molar-refractivity contribution in [1.29, 1.82) is 0 Å². The van der Waals surface area contributed by atoms with Gasteiger partial charge in [-0.2, -0.15) is 5.10 Å². The van der Waals surface area contributed by atoms with E-state index in [0.717, 1.165) is 35.6 Å². The number of rotatable bonds is 6. The van der Waals surface area contributed by atoms with Crippen molar-refractivity contribution in [1.82, 2.24) is 15.1 Å². The number of carbonyl (C=O) groups excluding carboxylic acids is 1. The van der Waals surface area contributed by atoms with Crippen LogP contribution in [0.3, 0.4) is 0 Å². The van der Waals surface area contributed by atoms with Crippen molar-refractivity contribution in [2.45, 2.75) is 40.7 Å². The third-order valence-corrected chi connectivity index (χ3v) is 5.41. The molecule has 0 aliphatic heterocycles. The van der Waals surface area contributed by atoms with Gasteiger partial charge in [0.2, 0.25) is 5.96 Å². The van der Waals surface area contributed by atoms with E-state index in [1.807, 2.05) is 42.8 Å². The van der Waals surface area contributed by atoms with Crippen LogP contribution in [0.15, 0.2) is 53.5 Å². The number of anilines is 1. The maximum Gasteiger partial charge on any atom is 0.258 e. The molecule has 0 fully saturated rings. The number of aliphatic imine (C=N–C) groups is 1. The molecule has 1 amide bonds. The van der Waals surface area contributed by atoms with E-state index < -0.39 is 0 Å². The molecular formula is C24H28ClN5O. The van der Waals surface area contributed by atoms with Gasteiger partial charge in [0, 0.05) is 35.1 Å². The zero-order valence-electron chi connectivity index (χ0n) is 18.4. The molecule has 2 N–H and O–H groups in total. The first kappa shape index (κ1) is 22.6. The molecule has 1 aromatic heterocycles. The van der Waals surface area contributed by atoms with Gasteiger partial charge in [0.1, 0.15) is 0 Å². The Kier molecular flexibility index (Phi) is 7.47. The Balaban J connectivity index is 1.80. The predicted octanol–water partition coefficient (Wildman–Crippen LogP) is 4.92. The van der Waals surface area contributed by atoms with Crippen molar-refractivity contribution in [3.63, 3.8) is 0 Å². The fourth-order valence-corrected chi connectivity index (χ4v) is 3.63. The SMILES string of the molecule is CCn1nc(C)c(CCN=C(NC(=O)c2cccc(Cl)c2)Nc2ccccc2C)c1C. The molecule has 0 saturated carbocycles. The number of para-hydroxylation sites is 1. The molecule has 7 heteroatoms. The van der Waals surface area contributed by atoms with Crippen molar-refractivity contribution >= 4 is 29.2 Å². The van der Waals surface area contributed by atoms with E-state index in [0.29, 0.717) is 23.1 Å². The van der Waals surface area contributed by atoms with Crippen molar-refractivity contribution < 1.29 is 4.79 Å². The molecule has 0 saturated heterocycles. The van der Waals surface area contributed by atoms with Crippen LogP contribution in [0.25, 0.3) is 0 Å². The summed E-state index contributed by atoms with van der Waals surface area (Å²) < 4.78 is 2.00. The third-order valence-electron chi connectivity index (χ3n) is 5.18. The molecule has 31 heavy (non-hydrogen) atoms. The second kappa shape index (κ2) is 10.3. The minimum absolute atomic E-state index is 0.270. The van der Waals surface area contributed by atoms with Gasteiger partial charge in [0.05, 0.1) is 5.69 Å². The average molecular weight is 438 g/mol. The Morgan fingerprint density at radius 1 is 1.13 bits per heavy atom. The summed E-state index contributed by atoms with van der Waals surface area (Å²) in [6, 6.07) is 14.7. The van der Waals surface area contributed by atoms with Crippen molar-refractivity contribution in [2.75, 3.05) is 11.9 Å². The lowest BCUT2D eigenvalue weighted by atomic mass is 10.1. The van der Waals surface area contributed by atoms with Crippen LogP contribution in [0.1, 0.15) is 39.8 Å². The van der Waals surface area contributed by atoms with Gasteiger partial charge in [-0.3, -0.25) is 19.8 Å². The van der Waals surface area contributed by atoms with Gasteiger partial charge < -0.3 is 5.32 Å². The fraction of sp³-hybridized carbons (Fsp3) is 0.292. The van der Waals surface area contributed by atoms with Gasteiger partial charge in [0.15, 0.2) is 0 Å². The minimum Gasteiger partial charge on any atom is -0.326 e. The van der Waals surface area contributed by atoms with Crippen LogP contribution in [0.4, 0.5) is 5.69 Å². The van der Waals surface area contributed by atoms with Crippen LogP contribution in [-0.2, 0) is 13.0 Å². The lowest BCUT2D eigenvalue weighted by Crippen LogP contribution is -2.36. The number of nitrogens with one attached hydrogen (secondary N) is 2. The van der Waals surface area contributed by atoms with Gasteiger partial charge in [-0.25, -0.2) is 0 Å². The van der Waals surface area contributed by atoms with Crippen LogP contribution in [0.5, 0.6) is 0 Å². The molecule has 3 aromatic rings. The highest BCUT2D eigenvalue weighted by Gasteiger charge is 2.13. The molecule has 3 rings (SSSR count). The van der Waals surface area contributed by atoms with Crippen LogP contribution in [0, 0.1) is 20.8 Å². The molecule has 0 aliphatic carbocycles. The highest BCUT2D eigenvalue weighted by atomic mass is 35.5. The van der Waals surface area contributed by atoms with Gasteiger partial charge in [-0.15, -0.1) is 0 Å². The number of hydrogen-bond donors (Lipinski definition) is 2. The van der Waals surface area contributed by atoms with Crippen molar-refractivity contribution in [3.05, 3.63) is 81.6 Å². The van der Waals surface area contributed by atoms with E-state index in [4.69, 9.17) is 11.6 Å². The van der Waals surface area contributed by atoms with E-state index in [2.05, 4.69) is 34.6 Å². The second-order valence-corrected chi connectivity index (χ2v) is 7.79. The topological polar surface area (TPSA) is 71.3 Å². The Hall–Kier alpha value is -3.12. The van der Waals surface area contributed by atoms with E-state index >= 15 is 0 Å². The highest BCUT2D eigenvalue weighted by molar-refractivity contribution is 6.31. The second-order valence-electron chi connectivity index (χ2n) is 7.35. The van der Waals surface area contributed by atoms with E-state index in [1.54, 1.807) is 24.3 Å². The van der Waals surface area contributed by atoms with Crippen LogP contribution < -0.4 is 10.6 Å². The zero-order valence-corrected chi connectivity index (χ0v) is 19.1. The molecule has 2 aromatic carbocycles. The molecular weight excluding hydrogens is 410 g/mol. The summed E-state index contributed by atoms with van der Waals surface area (Å²) in [5.74, 6) is 0.131. The number of carbonyl (C=O) groups is 1. The number of amides is 1. The first-order valence-corrected chi connectivity index (χ1v) is 10.7. The van der Waals surface area contributed by atoms with Crippen LogP contribution in [0.2, 0.25) is 5.02 Å². The molecule has 0 unspecified atom stereocenters. The maximum absolute atomic E-state index is 12.8. The Bertz CT molecular complexity index is 1100. The predicted molar refractivity (Wildman–Crippen MR) is 127 cm³/mol. The molecule has 1 heterocycles. The number of nitrogens with zero attached hydrogens (tertiary/aromatic N) is 3. The summed E-state index contributed by atoms with van der Waals surface area (Å²) in [6.45, 7) is 9.54. The Labute approximate surface area is 188 Å². The van der Waals surface area contributed by atoms with Crippen LogP contribution in [-0.4, -0.2) is 28.2 Å². The van der Waals surface area contributed by atoms with Gasteiger partial charge >= 0.3 is 0 Å². The number of guanidine groups is 1. The van der Waals surface area contributed by atoms with E-state index in [1.165, 1.54) is 5.56 Å². The quantitative estimate of drug-likeness (QED) is 0.424. The minimum atomic E-state index is -0.270. The molecule has 0 spiro atoms. The maximum atomic E-state index is 12.8. The van der Waals surface area contributed by atoms with E-state index in [9.17, 15) is 4.79 Å². The summed E-state index contributed by atoms with van der Waals surface area (Å²) in [5, 5.41) is 11.2. The highest BCUT2D eigenvalue weighted by Crippen LogP contribution is 2.15. The summed E-state index contributed by atoms with van der Waals surface area (Å²) >= 11 is 6.04. The summed E-state index contributed by atoms with van der Waals surface area (Å²) in [4.78, 5) is 17.4. The fourth-order valence-electron chi connectivity index (χ4n) is 3.44.